The fraction of sp³-hybridized carbons (Fsp3) is 0. The number of aromatic nitrogens is 2. The lowest BCUT2D eigenvalue weighted by atomic mass is 10.2. The first kappa shape index (κ1) is 8.36. The minimum absolute atomic E-state index is 0.0112. The quantitative estimate of drug-likeness (QED) is 0.402. The maximum atomic E-state index is 10.5. The van der Waals surface area contributed by atoms with Crippen LogP contribution in [0, 0.1) is 10.1 Å². The second-order valence-corrected chi connectivity index (χ2v) is 2.69. The topological polar surface area (TPSA) is 78.0 Å². The summed E-state index contributed by atoms with van der Waals surface area (Å²) in [7, 11) is 0. The molecule has 1 aromatic heterocycles. The summed E-state index contributed by atoms with van der Waals surface area (Å²) in [6, 6.07) is 4.21. The van der Waals surface area contributed by atoms with Gasteiger partial charge in [0.25, 0.3) is 5.69 Å². The van der Waals surface area contributed by atoms with Crippen LogP contribution in [-0.2, 0) is 4.79 Å². The Balaban J connectivity index is 2.68. The molecule has 0 fully saturated rings. The van der Waals surface area contributed by atoms with Crippen molar-refractivity contribution in [3.63, 3.8) is 0 Å². The minimum atomic E-state index is -0.488. The molecule has 1 heterocycles. The van der Waals surface area contributed by atoms with Crippen LogP contribution in [0.4, 0.5) is 5.69 Å². The number of carbonyl (C=O) groups is 1. The molecular weight excluding hydrogens is 186 g/mol. The Morgan fingerprint density at radius 3 is 2.93 bits per heavy atom. The Morgan fingerprint density at radius 1 is 1.50 bits per heavy atom. The van der Waals surface area contributed by atoms with E-state index in [0.717, 1.165) is 4.68 Å². The van der Waals surface area contributed by atoms with Crippen molar-refractivity contribution >= 4 is 23.0 Å². The van der Waals surface area contributed by atoms with Crippen molar-refractivity contribution in [2.45, 2.75) is 0 Å². The Bertz CT molecular complexity index is 518. The smallest absolute Gasteiger partial charge is 0.270 e. The van der Waals surface area contributed by atoms with Crippen LogP contribution >= 0.6 is 0 Å². The van der Waals surface area contributed by atoms with Crippen LogP contribution in [-0.4, -0.2) is 21.1 Å². The number of carbonyl (C=O) groups excluding carboxylic acids is 1. The average Bonchev–Trinajstić information content (AvgIpc) is 2.59. The second kappa shape index (κ2) is 2.91. The zero-order valence-corrected chi connectivity index (χ0v) is 6.95. The fourth-order valence-electron chi connectivity index (χ4n) is 1.24. The van der Waals surface area contributed by atoms with Gasteiger partial charge in [-0.1, -0.05) is 0 Å². The van der Waals surface area contributed by atoms with E-state index >= 15 is 0 Å². The molecule has 6 nitrogen and oxygen atoms in total. The van der Waals surface area contributed by atoms with Gasteiger partial charge in [-0.05, 0) is 6.07 Å². The molecule has 14 heavy (non-hydrogen) atoms. The predicted octanol–water partition coefficient (Wildman–Crippen LogP) is 0.983. The van der Waals surface area contributed by atoms with Crippen molar-refractivity contribution in [1.82, 2.24) is 9.78 Å². The van der Waals surface area contributed by atoms with Crippen molar-refractivity contribution in [1.29, 1.82) is 0 Å². The predicted molar refractivity (Wildman–Crippen MR) is 48.5 cm³/mol. The summed E-state index contributed by atoms with van der Waals surface area (Å²) >= 11 is 0. The molecule has 0 aliphatic carbocycles. The highest BCUT2D eigenvalue weighted by atomic mass is 16.6. The van der Waals surface area contributed by atoms with Gasteiger partial charge in [0, 0.05) is 17.5 Å². The van der Waals surface area contributed by atoms with Gasteiger partial charge in [-0.15, -0.1) is 0 Å². The summed E-state index contributed by atoms with van der Waals surface area (Å²) in [5, 5.41) is 14.7. The molecule has 0 unspecified atom stereocenters. The Kier molecular flexibility index (Phi) is 1.74. The SMILES string of the molecule is O=Cn1ncc2cc([N+](=O)[O-])ccc21. The van der Waals surface area contributed by atoms with E-state index in [0.29, 0.717) is 17.3 Å². The van der Waals surface area contributed by atoms with Gasteiger partial charge in [0.05, 0.1) is 16.6 Å². The standard InChI is InChI=1S/C8H5N3O3/c12-5-10-8-2-1-7(11(13)14)3-6(8)4-9-10/h1-5H. The third-order valence-electron chi connectivity index (χ3n) is 1.89. The number of benzene rings is 1. The first-order valence-corrected chi connectivity index (χ1v) is 3.79. The number of rotatable bonds is 2. The summed E-state index contributed by atoms with van der Waals surface area (Å²) in [4.78, 5) is 20.4. The molecule has 0 radical (unpaired) electrons. The van der Waals surface area contributed by atoms with E-state index in [1.807, 2.05) is 0 Å². The fourth-order valence-corrected chi connectivity index (χ4v) is 1.24. The van der Waals surface area contributed by atoms with Gasteiger partial charge in [-0.2, -0.15) is 5.10 Å². The molecule has 0 N–H and O–H groups in total. The monoisotopic (exact) mass is 191 g/mol. The Labute approximate surface area is 77.9 Å². The molecule has 2 rings (SSSR count). The lowest BCUT2D eigenvalue weighted by molar-refractivity contribution is -0.384. The summed E-state index contributed by atoms with van der Waals surface area (Å²) in [5.41, 5.74) is 0.550. The van der Waals surface area contributed by atoms with Crippen LogP contribution < -0.4 is 0 Å². The van der Waals surface area contributed by atoms with Crippen molar-refractivity contribution in [2.24, 2.45) is 0 Å². The van der Waals surface area contributed by atoms with Gasteiger partial charge in [0.1, 0.15) is 0 Å². The molecule has 0 spiro atoms. The van der Waals surface area contributed by atoms with Gasteiger partial charge < -0.3 is 0 Å². The molecule has 0 bridgehead atoms. The van der Waals surface area contributed by atoms with E-state index < -0.39 is 4.92 Å². The summed E-state index contributed by atoms with van der Waals surface area (Å²) in [6.45, 7) is 0. The molecule has 0 saturated carbocycles. The molecule has 1 aromatic carbocycles. The highest BCUT2D eigenvalue weighted by Gasteiger charge is 2.08. The lowest BCUT2D eigenvalue weighted by Crippen LogP contribution is -1.95. The van der Waals surface area contributed by atoms with Gasteiger partial charge in [0.2, 0.25) is 6.41 Å². The van der Waals surface area contributed by atoms with E-state index in [4.69, 9.17) is 0 Å². The van der Waals surface area contributed by atoms with Crippen LogP contribution in [0.5, 0.6) is 0 Å². The second-order valence-electron chi connectivity index (χ2n) is 2.69. The summed E-state index contributed by atoms with van der Waals surface area (Å²) in [5.74, 6) is 0. The van der Waals surface area contributed by atoms with Crippen LogP contribution in [0.3, 0.4) is 0 Å². The van der Waals surface area contributed by atoms with E-state index in [-0.39, 0.29) is 5.69 Å². The molecule has 0 aliphatic heterocycles. The lowest BCUT2D eigenvalue weighted by Gasteiger charge is -1.92. The van der Waals surface area contributed by atoms with Gasteiger partial charge in [-0.3, -0.25) is 14.9 Å². The Morgan fingerprint density at radius 2 is 2.29 bits per heavy atom. The first-order chi connectivity index (χ1) is 6.72. The van der Waals surface area contributed by atoms with Gasteiger partial charge in [0.15, 0.2) is 0 Å². The maximum absolute atomic E-state index is 10.5. The van der Waals surface area contributed by atoms with Gasteiger partial charge >= 0.3 is 0 Å². The molecule has 0 amide bonds. The number of nitro groups is 1. The number of fused-ring (bicyclic) bond motifs is 1. The average molecular weight is 191 g/mol. The third-order valence-corrected chi connectivity index (χ3v) is 1.89. The van der Waals surface area contributed by atoms with Crippen LogP contribution in [0.1, 0.15) is 0 Å². The zero-order chi connectivity index (χ0) is 10.1. The van der Waals surface area contributed by atoms with Crippen molar-refractivity contribution in [2.75, 3.05) is 0 Å². The van der Waals surface area contributed by atoms with E-state index in [1.54, 1.807) is 0 Å². The number of hydrogen-bond acceptors (Lipinski definition) is 4. The highest BCUT2D eigenvalue weighted by molar-refractivity contribution is 5.85. The number of nitro benzene ring substituents is 1. The largest absolute Gasteiger partial charge is 0.276 e. The molecule has 2 aromatic rings. The van der Waals surface area contributed by atoms with E-state index in [9.17, 15) is 14.9 Å². The normalized spacial score (nSPS) is 10.3. The van der Waals surface area contributed by atoms with Crippen molar-refractivity contribution in [3.05, 3.63) is 34.5 Å². The van der Waals surface area contributed by atoms with Gasteiger partial charge in [-0.25, -0.2) is 4.68 Å². The summed E-state index contributed by atoms with van der Waals surface area (Å²) in [6.07, 6.45) is 1.96. The number of nitrogens with zero attached hydrogens (tertiary/aromatic N) is 3. The number of non-ortho nitro benzene ring substituents is 1. The van der Waals surface area contributed by atoms with Crippen molar-refractivity contribution < 1.29 is 9.72 Å². The molecule has 6 heteroatoms. The first-order valence-electron chi connectivity index (χ1n) is 3.79. The van der Waals surface area contributed by atoms with Crippen LogP contribution in [0.15, 0.2) is 24.4 Å². The number of hydrogen-bond donors (Lipinski definition) is 0. The van der Waals surface area contributed by atoms with Crippen LogP contribution in [0.2, 0.25) is 0 Å². The minimum Gasteiger partial charge on any atom is -0.276 e. The molecule has 0 aliphatic rings. The van der Waals surface area contributed by atoms with E-state index in [1.165, 1.54) is 24.4 Å². The van der Waals surface area contributed by atoms with Crippen LogP contribution in [0.25, 0.3) is 10.9 Å². The Hall–Kier alpha value is -2.24. The maximum Gasteiger partial charge on any atom is 0.270 e. The highest BCUT2D eigenvalue weighted by Crippen LogP contribution is 2.19. The van der Waals surface area contributed by atoms with E-state index in [2.05, 4.69) is 5.10 Å². The molecular formula is C8H5N3O3. The zero-order valence-electron chi connectivity index (χ0n) is 6.95. The molecule has 0 saturated heterocycles. The molecule has 70 valence electrons. The molecule has 0 atom stereocenters. The van der Waals surface area contributed by atoms with Crippen molar-refractivity contribution in [3.8, 4) is 0 Å². The third kappa shape index (κ3) is 1.13. The summed E-state index contributed by atoms with van der Waals surface area (Å²) < 4.78 is 1.12.